The Labute approximate surface area is 118 Å². The molecule has 0 saturated heterocycles. The van der Waals surface area contributed by atoms with Crippen LogP contribution in [0.5, 0.6) is 0 Å². The topological polar surface area (TPSA) is 17.1 Å². The molecule has 1 nitrogen and oxygen atoms in total. The second-order valence-electron chi connectivity index (χ2n) is 6.00. The maximum absolute atomic E-state index is 12.5. The van der Waals surface area contributed by atoms with E-state index in [1.54, 1.807) is 0 Å². The minimum Gasteiger partial charge on any atom is -0.289 e. The van der Waals surface area contributed by atoms with Crippen LogP contribution in [0.25, 0.3) is 11.1 Å². The number of ketones is 1. The molecular weight excluding hydrogens is 256 g/mol. The van der Waals surface area contributed by atoms with Gasteiger partial charge in [-0.15, -0.1) is 0 Å². The number of benzene rings is 2. The Bertz CT molecular complexity index is 693. The van der Waals surface area contributed by atoms with Gasteiger partial charge in [-0.05, 0) is 28.7 Å². The third-order valence-electron chi connectivity index (χ3n) is 3.66. The van der Waals surface area contributed by atoms with Crippen LogP contribution in [0.3, 0.4) is 0 Å². The number of fused-ring (bicyclic) bond motifs is 3. The van der Waals surface area contributed by atoms with E-state index in [2.05, 4.69) is 26.8 Å². The summed E-state index contributed by atoms with van der Waals surface area (Å²) in [4.78, 5) is 12.5. The SMILES string of the molecule is CC(C)(C)c1ccc2c(c1)C(=O)c1cccc(Cl)c1-2. The molecule has 96 valence electrons. The summed E-state index contributed by atoms with van der Waals surface area (Å²) >= 11 is 6.24. The van der Waals surface area contributed by atoms with Crippen LogP contribution in [0.4, 0.5) is 0 Å². The van der Waals surface area contributed by atoms with Crippen LogP contribution in [0.2, 0.25) is 5.02 Å². The number of halogens is 1. The van der Waals surface area contributed by atoms with Gasteiger partial charge in [-0.1, -0.05) is 56.6 Å². The fourth-order valence-electron chi connectivity index (χ4n) is 2.55. The van der Waals surface area contributed by atoms with Gasteiger partial charge in [0.2, 0.25) is 0 Å². The molecule has 0 spiro atoms. The van der Waals surface area contributed by atoms with Crippen molar-refractivity contribution in [1.29, 1.82) is 0 Å². The van der Waals surface area contributed by atoms with Crippen molar-refractivity contribution < 1.29 is 4.79 Å². The smallest absolute Gasteiger partial charge is 0.194 e. The van der Waals surface area contributed by atoms with Crippen molar-refractivity contribution in [2.24, 2.45) is 0 Å². The quantitative estimate of drug-likeness (QED) is 0.571. The average Bonchev–Trinajstić information content (AvgIpc) is 2.63. The van der Waals surface area contributed by atoms with Crippen LogP contribution in [0, 0.1) is 0 Å². The molecule has 0 aromatic heterocycles. The Morgan fingerprint density at radius 1 is 0.947 bits per heavy atom. The van der Waals surface area contributed by atoms with E-state index >= 15 is 0 Å². The molecule has 0 heterocycles. The van der Waals surface area contributed by atoms with Gasteiger partial charge in [-0.3, -0.25) is 4.79 Å². The fraction of sp³-hybridized carbons (Fsp3) is 0.235. The molecule has 2 heteroatoms. The predicted octanol–water partition coefficient (Wildman–Crippen LogP) is 4.85. The van der Waals surface area contributed by atoms with Gasteiger partial charge >= 0.3 is 0 Å². The zero-order valence-corrected chi connectivity index (χ0v) is 12.0. The van der Waals surface area contributed by atoms with E-state index in [-0.39, 0.29) is 11.2 Å². The first-order chi connectivity index (χ1) is 8.89. The zero-order chi connectivity index (χ0) is 13.8. The van der Waals surface area contributed by atoms with Crippen LogP contribution in [-0.4, -0.2) is 5.78 Å². The van der Waals surface area contributed by atoms with E-state index in [0.29, 0.717) is 10.6 Å². The van der Waals surface area contributed by atoms with E-state index in [1.165, 1.54) is 5.56 Å². The third kappa shape index (κ3) is 1.81. The Hall–Kier alpha value is -1.60. The second-order valence-corrected chi connectivity index (χ2v) is 6.41. The van der Waals surface area contributed by atoms with Crippen molar-refractivity contribution in [2.75, 3.05) is 0 Å². The fourth-order valence-corrected chi connectivity index (χ4v) is 2.83. The molecule has 2 aromatic rings. The second kappa shape index (κ2) is 3.94. The molecule has 1 aliphatic rings. The summed E-state index contributed by atoms with van der Waals surface area (Å²) in [7, 11) is 0. The highest BCUT2D eigenvalue weighted by Crippen LogP contribution is 2.42. The van der Waals surface area contributed by atoms with E-state index in [0.717, 1.165) is 16.7 Å². The molecule has 0 unspecified atom stereocenters. The lowest BCUT2D eigenvalue weighted by Gasteiger charge is -2.19. The largest absolute Gasteiger partial charge is 0.289 e. The summed E-state index contributed by atoms with van der Waals surface area (Å²) in [5.74, 6) is 0.0820. The van der Waals surface area contributed by atoms with Crippen molar-refractivity contribution in [2.45, 2.75) is 26.2 Å². The number of hydrogen-bond acceptors (Lipinski definition) is 1. The van der Waals surface area contributed by atoms with Gasteiger partial charge in [0.15, 0.2) is 5.78 Å². The highest BCUT2D eigenvalue weighted by molar-refractivity contribution is 6.36. The molecule has 0 atom stereocenters. The lowest BCUT2D eigenvalue weighted by Crippen LogP contribution is -2.11. The minimum absolute atomic E-state index is 0.0356. The van der Waals surface area contributed by atoms with Crippen LogP contribution in [-0.2, 0) is 5.41 Å². The van der Waals surface area contributed by atoms with Crippen molar-refractivity contribution >= 4 is 17.4 Å². The number of rotatable bonds is 0. The molecule has 0 aliphatic heterocycles. The predicted molar refractivity (Wildman–Crippen MR) is 79.0 cm³/mol. The highest BCUT2D eigenvalue weighted by Gasteiger charge is 2.29. The van der Waals surface area contributed by atoms with Gasteiger partial charge in [-0.25, -0.2) is 0 Å². The van der Waals surface area contributed by atoms with E-state index in [4.69, 9.17) is 11.6 Å². The summed E-state index contributed by atoms with van der Waals surface area (Å²) in [6.07, 6.45) is 0. The van der Waals surface area contributed by atoms with Crippen LogP contribution in [0.1, 0.15) is 42.3 Å². The first-order valence-electron chi connectivity index (χ1n) is 6.38. The van der Waals surface area contributed by atoms with E-state index in [9.17, 15) is 4.79 Å². The molecular formula is C17H15ClO. The summed E-state index contributed by atoms with van der Waals surface area (Å²) < 4.78 is 0. The van der Waals surface area contributed by atoms with Gasteiger partial charge in [0, 0.05) is 21.7 Å². The Morgan fingerprint density at radius 3 is 2.37 bits per heavy atom. The lowest BCUT2D eigenvalue weighted by atomic mass is 9.85. The van der Waals surface area contributed by atoms with Crippen LogP contribution in [0.15, 0.2) is 36.4 Å². The third-order valence-corrected chi connectivity index (χ3v) is 3.97. The standard InChI is InChI=1S/C17H15ClO/c1-17(2,3)10-7-8-11-13(9-10)16(19)12-5-4-6-14(18)15(11)12/h4-9H,1-3H3. The van der Waals surface area contributed by atoms with Crippen molar-refractivity contribution in [3.05, 3.63) is 58.1 Å². The van der Waals surface area contributed by atoms with Crippen molar-refractivity contribution in [1.82, 2.24) is 0 Å². The minimum atomic E-state index is 0.0356. The van der Waals surface area contributed by atoms with E-state index in [1.807, 2.05) is 30.3 Å². The van der Waals surface area contributed by atoms with Crippen molar-refractivity contribution in [3.8, 4) is 11.1 Å². The number of carbonyl (C=O) groups is 1. The number of carbonyl (C=O) groups excluding carboxylic acids is 1. The van der Waals surface area contributed by atoms with Crippen LogP contribution < -0.4 is 0 Å². The first kappa shape index (κ1) is 12.4. The molecule has 3 rings (SSSR count). The summed E-state index contributed by atoms with van der Waals surface area (Å²) in [5, 5.41) is 0.646. The molecule has 0 fully saturated rings. The van der Waals surface area contributed by atoms with Gasteiger partial charge < -0.3 is 0 Å². The molecule has 19 heavy (non-hydrogen) atoms. The maximum atomic E-state index is 12.5. The molecule has 1 aliphatic carbocycles. The zero-order valence-electron chi connectivity index (χ0n) is 11.3. The molecule has 0 radical (unpaired) electrons. The molecule has 2 aromatic carbocycles. The Morgan fingerprint density at radius 2 is 1.68 bits per heavy atom. The highest BCUT2D eigenvalue weighted by atomic mass is 35.5. The molecule has 0 N–H and O–H groups in total. The molecule has 0 saturated carbocycles. The summed E-state index contributed by atoms with van der Waals surface area (Å²) in [6.45, 7) is 6.44. The maximum Gasteiger partial charge on any atom is 0.194 e. The average molecular weight is 271 g/mol. The first-order valence-corrected chi connectivity index (χ1v) is 6.75. The van der Waals surface area contributed by atoms with Gasteiger partial charge in [0.05, 0.1) is 0 Å². The monoisotopic (exact) mass is 270 g/mol. The van der Waals surface area contributed by atoms with E-state index < -0.39 is 0 Å². The van der Waals surface area contributed by atoms with Crippen molar-refractivity contribution in [3.63, 3.8) is 0 Å². The lowest BCUT2D eigenvalue weighted by molar-refractivity contribution is 0.104. The van der Waals surface area contributed by atoms with Gasteiger partial charge in [-0.2, -0.15) is 0 Å². The van der Waals surface area contributed by atoms with Gasteiger partial charge in [0.25, 0.3) is 0 Å². The Kier molecular flexibility index (Phi) is 2.58. The summed E-state index contributed by atoms with van der Waals surface area (Å²) in [5.41, 5.74) is 4.53. The Balaban J connectivity index is 2.27. The van der Waals surface area contributed by atoms with Crippen LogP contribution >= 0.6 is 11.6 Å². The van der Waals surface area contributed by atoms with Gasteiger partial charge in [0.1, 0.15) is 0 Å². The molecule has 0 bridgehead atoms. The normalized spacial score (nSPS) is 13.4. The molecule has 0 amide bonds. The summed E-state index contributed by atoms with van der Waals surface area (Å²) in [6, 6.07) is 11.6. The number of hydrogen-bond donors (Lipinski definition) is 0.